The number of carbonyl (C=O) groups excluding carboxylic acids is 1. The second kappa shape index (κ2) is 8.01. The van der Waals surface area contributed by atoms with Crippen LogP contribution in [0.15, 0.2) is 42.5 Å². The number of amides is 2. The Morgan fingerprint density at radius 3 is 2.81 bits per heavy atom. The summed E-state index contributed by atoms with van der Waals surface area (Å²) < 4.78 is 5.57. The predicted octanol–water partition coefficient (Wildman–Crippen LogP) is 3.20. The normalized spacial score (nSPS) is 18.7. The Bertz CT molecular complexity index is 804. The van der Waals surface area contributed by atoms with E-state index in [1.807, 2.05) is 11.0 Å². The number of rotatable bonds is 4. The molecule has 0 unspecified atom stereocenters. The smallest absolute Gasteiger partial charge is 0.317 e. The van der Waals surface area contributed by atoms with Gasteiger partial charge in [0.15, 0.2) is 0 Å². The first kappa shape index (κ1) is 17.9. The molecule has 2 heterocycles. The van der Waals surface area contributed by atoms with Crippen LogP contribution in [0.25, 0.3) is 11.1 Å². The molecule has 4 rings (SSSR count). The number of fused-ring (bicyclic) bond motifs is 1. The number of piperidine rings is 1. The molecule has 27 heavy (non-hydrogen) atoms. The number of carbonyl (C=O) groups is 1. The molecule has 2 N–H and O–H groups in total. The topological polar surface area (TPSA) is 61.8 Å². The average Bonchev–Trinajstić information content (AvgIpc) is 3.20. The maximum atomic E-state index is 12.4. The van der Waals surface area contributed by atoms with Gasteiger partial charge >= 0.3 is 6.03 Å². The summed E-state index contributed by atoms with van der Waals surface area (Å²) in [4.78, 5) is 14.2. The molecule has 0 radical (unpaired) electrons. The van der Waals surface area contributed by atoms with Crippen molar-refractivity contribution in [3.05, 3.63) is 53.6 Å². The Kier molecular flexibility index (Phi) is 5.30. The summed E-state index contributed by atoms with van der Waals surface area (Å²) in [5.74, 6) is 1.21. The highest BCUT2D eigenvalue weighted by atomic mass is 16.5. The van der Waals surface area contributed by atoms with Crippen molar-refractivity contribution in [2.45, 2.75) is 25.8 Å². The number of likely N-dealkylation sites (tertiary alicyclic amines) is 1. The maximum absolute atomic E-state index is 12.4. The van der Waals surface area contributed by atoms with Crippen LogP contribution in [0.3, 0.4) is 0 Å². The molecule has 0 saturated carbocycles. The Morgan fingerprint density at radius 2 is 2.00 bits per heavy atom. The van der Waals surface area contributed by atoms with Gasteiger partial charge in [-0.05, 0) is 53.1 Å². The van der Waals surface area contributed by atoms with Crippen LogP contribution in [-0.2, 0) is 13.0 Å². The number of nitrogens with zero attached hydrogens (tertiary/aromatic N) is 1. The van der Waals surface area contributed by atoms with Crippen LogP contribution in [0.2, 0.25) is 0 Å². The lowest BCUT2D eigenvalue weighted by Crippen LogP contribution is -2.45. The van der Waals surface area contributed by atoms with Gasteiger partial charge in [-0.1, -0.05) is 30.3 Å². The maximum Gasteiger partial charge on any atom is 0.317 e. The number of urea groups is 1. The van der Waals surface area contributed by atoms with Gasteiger partial charge in [0.2, 0.25) is 0 Å². The molecule has 5 heteroatoms. The van der Waals surface area contributed by atoms with E-state index in [0.29, 0.717) is 13.1 Å². The molecule has 0 spiro atoms. The van der Waals surface area contributed by atoms with Crippen LogP contribution in [0, 0.1) is 5.92 Å². The lowest BCUT2D eigenvalue weighted by molar-refractivity contribution is 0.129. The zero-order valence-electron chi connectivity index (χ0n) is 15.5. The van der Waals surface area contributed by atoms with E-state index in [1.165, 1.54) is 16.7 Å². The zero-order chi connectivity index (χ0) is 18.6. The number of nitrogens with one attached hydrogen (secondary N) is 1. The SMILES string of the molecule is O=C(NCc1ccc(-c2ccc3c(c2)CCO3)cc1)N1CCC[C@@H](CO)C1. The van der Waals surface area contributed by atoms with Gasteiger partial charge < -0.3 is 20.1 Å². The summed E-state index contributed by atoms with van der Waals surface area (Å²) in [5, 5.41) is 12.3. The van der Waals surface area contributed by atoms with Gasteiger partial charge in [0, 0.05) is 32.7 Å². The third-order valence-corrected chi connectivity index (χ3v) is 5.48. The summed E-state index contributed by atoms with van der Waals surface area (Å²) in [6.07, 6.45) is 2.93. The van der Waals surface area contributed by atoms with E-state index >= 15 is 0 Å². The third kappa shape index (κ3) is 4.08. The summed E-state index contributed by atoms with van der Waals surface area (Å²) in [6, 6.07) is 14.6. The van der Waals surface area contributed by atoms with E-state index in [2.05, 4.69) is 41.7 Å². The highest BCUT2D eigenvalue weighted by molar-refractivity contribution is 5.74. The molecule has 1 fully saturated rings. The first-order valence-corrected chi connectivity index (χ1v) is 9.71. The van der Waals surface area contributed by atoms with E-state index < -0.39 is 0 Å². The lowest BCUT2D eigenvalue weighted by Gasteiger charge is -2.31. The van der Waals surface area contributed by atoms with Crippen LogP contribution in [0.5, 0.6) is 5.75 Å². The monoisotopic (exact) mass is 366 g/mol. The minimum atomic E-state index is -0.0455. The minimum Gasteiger partial charge on any atom is -0.493 e. The van der Waals surface area contributed by atoms with Crippen molar-refractivity contribution in [3.8, 4) is 16.9 Å². The van der Waals surface area contributed by atoms with Crippen LogP contribution >= 0.6 is 0 Å². The van der Waals surface area contributed by atoms with E-state index in [-0.39, 0.29) is 18.6 Å². The first-order chi connectivity index (χ1) is 13.2. The molecular formula is C22H26N2O3. The molecule has 2 aromatic carbocycles. The summed E-state index contributed by atoms with van der Waals surface area (Å²) in [5.41, 5.74) is 4.71. The molecule has 2 aromatic rings. The first-order valence-electron chi connectivity index (χ1n) is 9.71. The summed E-state index contributed by atoms with van der Waals surface area (Å²) >= 11 is 0. The summed E-state index contributed by atoms with van der Waals surface area (Å²) in [7, 11) is 0. The highest BCUT2D eigenvalue weighted by Gasteiger charge is 2.22. The standard InChI is InChI=1S/C22H26N2O3/c25-15-17-2-1-10-24(14-17)22(26)23-13-16-3-5-18(6-4-16)19-7-8-21-20(12-19)9-11-27-21/h3-8,12,17,25H,1-2,9-11,13-15H2,(H,23,26)/t17-/m1/s1. The van der Waals surface area contributed by atoms with E-state index in [9.17, 15) is 9.90 Å². The predicted molar refractivity (Wildman–Crippen MR) is 105 cm³/mol. The molecule has 2 aliphatic rings. The van der Waals surface area contributed by atoms with Gasteiger partial charge in [0.05, 0.1) is 6.61 Å². The van der Waals surface area contributed by atoms with Gasteiger partial charge in [-0.3, -0.25) is 0 Å². The number of ether oxygens (including phenoxy) is 1. The minimum absolute atomic E-state index is 0.0455. The molecule has 1 saturated heterocycles. The molecule has 2 amide bonds. The van der Waals surface area contributed by atoms with Crippen molar-refractivity contribution < 1.29 is 14.6 Å². The van der Waals surface area contributed by atoms with Gasteiger partial charge in [0.1, 0.15) is 5.75 Å². The van der Waals surface area contributed by atoms with Crippen LogP contribution in [0.1, 0.15) is 24.0 Å². The second-order valence-electron chi connectivity index (χ2n) is 7.41. The van der Waals surface area contributed by atoms with Crippen molar-refractivity contribution in [1.29, 1.82) is 0 Å². The Morgan fingerprint density at radius 1 is 1.19 bits per heavy atom. The van der Waals surface area contributed by atoms with Crippen molar-refractivity contribution in [2.75, 3.05) is 26.3 Å². The molecule has 5 nitrogen and oxygen atoms in total. The molecule has 1 atom stereocenters. The third-order valence-electron chi connectivity index (χ3n) is 5.48. The van der Waals surface area contributed by atoms with Crippen LogP contribution < -0.4 is 10.1 Å². The number of aliphatic hydroxyl groups excluding tert-OH is 1. The molecule has 0 bridgehead atoms. The fourth-order valence-corrected chi connectivity index (χ4v) is 3.87. The van der Waals surface area contributed by atoms with E-state index in [0.717, 1.165) is 43.7 Å². The molecule has 142 valence electrons. The average molecular weight is 366 g/mol. The van der Waals surface area contributed by atoms with Crippen LogP contribution in [-0.4, -0.2) is 42.3 Å². The van der Waals surface area contributed by atoms with Gasteiger partial charge in [-0.25, -0.2) is 4.79 Å². The molecule has 0 aromatic heterocycles. The number of hydrogen-bond donors (Lipinski definition) is 2. The fraction of sp³-hybridized carbons (Fsp3) is 0.409. The fourth-order valence-electron chi connectivity index (χ4n) is 3.87. The highest BCUT2D eigenvalue weighted by Crippen LogP contribution is 2.30. The van der Waals surface area contributed by atoms with Crippen molar-refractivity contribution in [1.82, 2.24) is 10.2 Å². The zero-order valence-corrected chi connectivity index (χ0v) is 15.5. The Hall–Kier alpha value is -2.53. The summed E-state index contributed by atoms with van der Waals surface area (Å²) in [6.45, 7) is 2.84. The van der Waals surface area contributed by atoms with Gasteiger partial charge in [-0.15, -0.1) is 0 Å². The Balaban J connectivity index is 1.35. The van der Waals surface area contributed by atoms with Gasteiger partial charge in [0.25, 0.3) is 0 Å². The number of benzene rings is 2. The van der Waals surface area contributed by atoms with Gasteiger partial charge in [-0.2, -0.15) is 0 Å². The quantitative estimate of drug-likeness (QED) is 0.873. The molecular weight excluding hydrogens is 340 g/mol. The van der Waals surface area contributed by atoms with Crippen LogP contribution in [0.4, 0.5) is 4.79 Å². The number of hydrogen-bond acceptors (Lipinski definition) is 3. The van der Waals surface area contributed by atoms with Crippen molar-refractivity contribution in [3.63, 3.8) is 0 Å². The second-order valence-corrected chi connectivity index (χ2v) is 7.41. The largest absolute Gasteiger partial charge is 0.493 e. The molecule has 2 aliphatic heterocycles. The van der Waals surface area contributed by atoms with Crippen molar-refractivity contribution in [2.24, 2.45) is 5.92 Å². The van der Waals surface area contributed by atoms with Crippen molar-refractivity contribution >= 4 is 6.03 Å². The number of aliphatic hydroxyl groups is 1. The Labute approximate surface area is 160 Å². The van der Waals surface area contributed by atoms with E-state index in [1.54, 1.807) is 0 Å². The lowest BCUT2D eigenvalue weighted by atomic mass is 9.99. The molecule has 0 aliphatic carbocycles. The van der Waals surface area contributed by atoms with E-state index in [4.69, 9.17) is 4.74 Å².